The standard InChI is InChI=1S/C15H31N3O2/c1-15(2,3)20-14(19)18-10-8-13(11-16)17-9-4-5-12-6-7-12/h12-13,17H,4-11,16H2,1-3H3,(H,18,19). The van der Waals surface area contributed by atoms with Gasteiger partial charge in [0.25, 0.3) is 0 Å². The molecule has 0 heterocycles. The van der Waals surface area contributed by atoms with E-state index in [0.717, 1.165) is 18.9 Å². The van der Waals surface area contributed by atoms with E-state index in [1.165, 1.54) is 25.7 Å². The SMILES string of the molecule is CC(C)(C)OC(=O)NCCC(CN)NCCCC1CC1. The van der Waals surface area contributed by atoms with E-state index < -0.39 is 5.60 Å². The normalized spacial score (nSPS) is 16.8. The lowest BCUT2D eigenvalue weighted by molar-refractivity contribution is 0.0526. The fourth-order valence-electron chi connectivity index (χ4n) is 2.07. The van der Waals surface area contributed by atoms with Gasteiger partial charge in [-0.15, -0.1) is 0 Å². The van der Waals surface area contributed by atoms with E-state index in [0.29, 0.717) is 13.1 Å². The van der Waals surface area contributed by atoms with Crippen molar-refractivity contribution in [3.8, 4) is 0 Å². The molecular formula is C15H31N3O2. The Bertz CT molecular complexity index is 285. The summed E-state index contributed by atoms with van der Waals surface area (Å²) in [5.74, 6) is 0.988. The zero-order chi connectivity index (χ0) is 15.0. The third kappa shape index (κ3) is 9.15. The van der Waals surface area contributed by atoms with Crippen molar-refractivity contribution >= 4 is 6.09 Å². The van der Waals surface area contributed by atoms with Gasteiger partial charge in [0.1, 0.15) is 5.60 Å². The van der Waals surface area contributed by atoms with Crippen molar-refractivity contribution in [2.75, 3.05) is 19.6 Å². The number of ether oxygens (including phenoxy) is 1. The van der Waals surface area contributed by atoms with Gasteiger partial charge in [0.15, 0.2) is 0 Å². The Balaban J connectivity index is 2.02. The lowest BCUT2D eigenvalue weighted by Crippen LogP contribution is -2.40. The van der Waals surface area contributed by atoms with Crippen LogP contribution in [0.2, 0.25) is 0 Å². The van der Waals surface area contributed by atoms with Gasteiger partial charge in [-0.25, -0.2) is 4.79 Å². The Labute approximate surface area is 123 Å². The number of carbonyl (C=O) groups excluding carboxylic acids is 1. The summed E-state index contributed by atoms with van der Waals surface area (Å²) in [4.78, 5) is 11.5. The van der Waals surface area contributed by atoms with E-state index >= 15 is 0 Å². The Morgan fingerprint density at radius 3 is 2.60 bits per heavy atom. The first-order valence-electron chi connectivity index (χ1n) is 7.81. The molecule has 20 heavy (non-hydrogen) atoms. The van der Waals surface area contributed by atoms with E-state index in [9.17, 15) is 4.79 Å². The van der Waals surface area contributed by atoms with Gasteiger partial charge in [-0.3, -0.25) is 0 Å². The molecule has 0 bridgehead atoms. The molecule has 0 aliphatic heterocycles. The van der Waals surface area contributed by atoms with E-state index in [2.05, 4.69) is 10.6 Å². The molecule has 1 amide bonds. The molecule has 0 aromatic carbocycles. The first-order valence-corrected chi connectivity index (χ1v) is 7.81. The number of rotatable bonds is 9. The van der Waals surface area contributed by atoms with Gasteiger partial charge in [0, 0.05) is 19.1 Å². The molecule has 0 spiro atoms. The van der Waals surface area contributed by atoms with Crippen molar-refractivity contribution in [3.05, 3.63) is 0 Å². The van der Waals surface area contributed by atoms with Crippen molar-refractivity contribution in [1.29, 1.82) is 0 Å². The second kappa shape index (κ2) is 8.47. The summed E-state index contributed by atoms with van der Waals surface area (Å²) in [7, 11) is 0. The number of hydrogen-bond acceptors (Lipinski definition) is 4. The molecule has 1 unspecified atom stereocenters. The second-order valence-corrected chi connectivity index (χ2v) is 6.69. The minimum Gasteiger partial charge on any atom is -0.444 e. The quantitative estimate of drug-likeness (QED) is 0.566. The molecule has 1 atom stereocenters. The van der Waals surface area contributed by atoms with Gasteiger partial charge in [-0.2, -0.15) is 0 Å². The first-order chi connectivity index (χ1) is 9.40. The zero-order valence-corrected chi connectivity index (χ0v) is 13.2. The number of alkyl carbamates (subject to hydrolysis) is 1. The van der Waals surface area contributed by atoms with Gasteiger partial charge < -0.3 is 21.1 Å². The third-order valence-corrected chi connectivity index (χ3v) is 3.36. The molecule has 4 N–H and O–H groups in total. The van der Waals surface area contributed by atoms with Crippen LogP contribution in [-0.2, 0) is 4.74 Å². The summed E-state index contributed by atoms with van der Waals surface area (Å²) in [6.45, 7) is 7.78. The predicted molar refractivity (Wildman–Crippen MR) is 81.7 cm³/mol. The Hall–Kier alpha value is -0.810. The van der Waals surface area contributed by atoms with Crippen LogP contribution >= 0.6 is 0 Å². The number of nitrogens with two attached hydrogens (primary N) is 1. The molecule has 1 aliphatic carbocycles. The summed E-state index contributed by atoms with van der Waals surface area (Å²) in [5, 5.41) is 6.22. The second-order valence-electron chi connectivity index (χ2n) is 6.69. The number of amides is 1. The Morgan fingerprint density at radius 2 is 2.05 bits per heavy atom. The van der Waals surface area contributed by atoms with Crippen LogP contribution in [0.1, 0.15) is 52.9 Å². The molecule has 0 aromatic rings. The van der Waals surface area contributed by atoms with Gasteiger partial charge in [0.05, 0.1) is 0 Å². The first kappa shape index (κ1) is 17.2. The summed E-state index contributed by atoms with van der Waals surface area (Å²) in [6.07, 6.45) is 5.86. The number of nitrogens with one attached hydrogen (secondary N) is 2. The van der Waals surface area contributed by atoms with Crippen molar-refractivity contribution in [2.24, 2.45) is 11.7 Å². The molecule has 118 valence electrons. The van der Waals surface area contributed by atoms with Gasteiger partial charge in [0.2, 0.25) is 0 Å². The maximum atomic E-state index is 11.5. The molecule has 5 heteroatoms. The van der Waals surface area contributed by atoms with Crippen LogP contribution in [0.4, 0.5) is 4.79 Å². The van der Waals surface area contributed by atoms with E-state index in [1.807, 2.05) is 20.8 Å². The third-order valence-electron chi connectivity index (χ3n) is 3.36. The highest BCUT2D eigenvalue weighted by Crippen LogP contribution is 2.33. The predicted octanol–water partition coefficient (Wildman–Crippen LogP) is 2.01. The zero-order valence-electron chi connectivity index (χ0n) is 13.2. The van der Waals surface area contributed by atoms with Crippen LogP contribution in [0.5, 0.6) is 0 Å². The summed E-state index contributed by atoms with van der Waals surface area (Å²) >= 11 is 0. The topological polar surface area (TPSA) is 76.4 Å². The van der Waals surface area contributed by atoms with Crippen LogP contribution in [0, 0.1) is 5.92 Å². The average Bonchev–Trinajstić information content (AvgIpc) is 3.13. The van der Waals surface area contributed by atoms with E-state index in [-0.39, 0.29) is 12.1 Å². The Kier molecular flexibility index (Phi) is 7.30. The molecule has 1 rings (SSSR count). The minimum absolute atomic E-state index is 0.268. The minimum atomic E-state index is -0.446. The van der Waals surface area contributed by atoms with Gasteiger partial charge in [-0.05, 0) is 52.5 Å². The smallest absolute Gasteiger partial charge is 0.407 e. The highest BCUT2D eigenvalue weighted by atomic mass is 16.6. The highest BCUT2D eigenvalue weighted by molar-refractivity contribution is 5.67. The van der Waals surface area contributed by atoms with Crippen molar-refractivity contribution < 1.29 is 9.53 Å². The summed E-state index contributed by atoms with van der Waals surface area (Å²) < 4.78 is 5.18. The van der Waals surface area contributed by atoms with Gasteiger partial charge >= 0.3 is 6.09 Å². The van der Waals surface area contributed by atoms with E-state index in [4.69, 9.17) is 10.5 Å². The van der Waals surface area contributed by atoms with Crippen LogP contribution in [0.15, 0.2) is 0 Å². The number of carbonyl (C=O) groups is 1. The average molecular weight is 285 g/mol. The monoisotopic (exact) mass is 285 g/mol. The molecule has 0 saturated heterocycles. The Morgan fingerprint density at radius 1 is 1.35 bits per heavy atom. The maximum absolute atomic E-state index is 11.5. The van der Waals surface area contributed by atoms with Crippen LogP contribution in [0.25, 0.3) is 0 Å². The van der Waals surface area contributed by atoms with Crippen molar-refractivity contribution in [2.45, 2.75) is 64.5 Å². The molecule has 1 aliphatic rings. The fourth-order valence-corrected chi connectivity index (χ4v) is 2.07. The maximum Gasteiger partial charge on any atom is 0.407 e. The molecule has 1 fully saturated rings. The lowest BCUT2D eigenvalue weighted by atomic mass is 10.2. The highest BCUT2D eigenvalue weighted by Gasteiger charge is 2.20. The molecular weight excluding hydrogens is 254 g/mol. The van der Waals surface area contributed by atoms with Crippen molar-refractivity contribution in [1.82, 2.24) is 10.6 Å². The van der Waals surface area contributed by atoms with E-state index in [1.54, 1.807) is 0 Å². The molecule has 0 aromatic heterocycles. The fraction of sp³-hybridized carbons (Fsp3) is 0.933. The lowest BCUT2D eigenvalue weighted by Gasteiger charge is -2.21. The van der Waals surface area contributed by atoms with Crippen LogP contribution in [0.3, 0.4) is 0 Å². The van der Waals surface area contributed by atoms with Crippen LogP contribution < -0.4 is 16.4 Å². The largest absolute Gasteiger partial charge is 0.444 e. The summed E-state index contributed by atoms with van der Waals surface area (Å²) in [5.41, 5.74) is 5.29. The van der Waals surface area contributed by atoms with Crippen molar-refractivity contribution in [3.63, 3.8) is 0 Å². The van der Waals surface area contributed by atoms with Crippen LogP contribution in [-0.4, -0.2) is 37.4 Å². The molecule has 0 radical (unpaired) electrons. The molecule has 1 saturated carbocycles. The van der Waals surface area contributed by atoms with Gasteiger partial charge in [-0.1, -0.05) is 12.8 Å². The molecule has 5 nitrogen and oxygen atoms in total. The number of hydrogen-bond donors (Lipinski definition) is 3. The summed E-state index contributed by atoms with van der Waals surface area (Å²) in [6, 6.07) is 0.268.